The van der Waals surface area contributed by atoms with E-state index in [0.29, 0.717) is 13.0 Å². The molecule has 0 aliphatic rings. The van der Waals surface area contributed by atoms with Crippen LogP contribution < -0.4 is 4.84 Å². The molecular formula is C16H19NO2. The van der Waals surface area contributed by atoms with Crippen LogP contribution in [0.1, 0.15) is 12.5 Å². The summed E-state index contributed by atoms with van der Waals surface area (Å²) < 4.78 is 0. The number of para-hydroxylation sites is 1. The summed E-state index contributed by atoms with van der Waals surface area (Å²) in [6.45, 7) is 2.57. The molecule has 3 heteroatoms. The number of rotatable bonds is 6. The number of benzene rings is 2. The fraction of sp³-hybridized carbons (Fsp3) is 0.250. The zero-order chi connectivity index (χ0) is 13.5. The summed E-state index contributed by atoms with van der Waals surface area (Å²) in [6.07, 6.45) is -0.116. The molecule has 0 fully saturated rings. The number of nitrogens with zero attached hydrogens (tertiary/aromatic N) is 1. The first kappa shape index (κ1) is 13.6. The summed E-state index contributed by atoms with van der Waals surface area (Å²) in [7, 11) is 0. The largest absolute Gasteiger partial charge is 0.403 e. The van der Waals surface area contributed by atoms with Crippen molar-refractivity contribution in [3.63, 3.8) is 0 Å². The molecule has 2 aromatic rings. The van der Waals surface area contributed by atoms with Crippen LogP contribution in [0.25, 0.3) is 0 Å². The second kappa shape index (κ2) is 6.92. The van der Waals surface area contributed by atoms with Gasteiger partial charge in [-0.15, -0.1) is 5.06 Å². The van der Waals surface area contributed by atoms with Crippen LogP contribution in [-0.4, -0.2) is 22.9 Å². The lowest BCUT2D eigenvalue weighted by Crippen LogP contribution is -2.39. The van der Waals surface area contributed by atoms with E-state index in [-0.39, 0.29) is 0 Å². The van der Waals surface area contributed by atoms with Crippen LogP contribution in [-0.2, 0) is 6.42 Å². The van der Waals surface area contributed by atoms with Gasteiger partial charge in [0.05, 0.1) is 0 Å². The van der Waals surface area contributed by atoms with Crippen molar-refractivity contribution >= 4 is 0 Å². The van der Waals surface area contributed by atoms with Gasteiger partial charge in [0.2, 0.25) is 0 Å². The van der Waals surface area contributed by atoms with Gasteiger partial charge in [-0.25, -0.2) is 0 Å². The molecule has 0 amide bonds. The van der Waals surface area contributed by atoms with Crippen LogP contribution in [0, 0.1) is 0 Å². The molecule has 0 spiro atoms. The van der Waals surface area contributed by atoms with Crippen molar-refractivity contribution < 1.29 is 9.94 Å². The summed E-state index contributed by atoms with van der Waals surface area (Å²) in [4.78, 5) is 5.68. The average Bonchev–Trinajstić information content (AvgIpc) is 2.47. The lowest BCUT2D eigenvalue weighted by atomic mass is 10.1. The molecule has 19 heavy (non-hydrogen) atoms. The fourth-order valence-electron chi connectivity index (χ4n) is 1.88. The van der Waals surface area contributed by atoms with E-state index in [1.54, 1.807) is 5.06 Å². The Morgan fingerprint density at radius 3 is 2.16 bits per heavy atom. The molecule has 3 nitrogen and oxygen atoms in total. The zero-order valence-electron chi connectivity index (χ0n) is 11.1. The maximum absolute atomic E-state index is 10.2. The van der Waals surface area contributed by atoms with Crippen molar-refractivity contribution in [2.24, 2.45) is 0 Å². The number of aliphatic hydroxyl groups excluding tert-OH is 1. The number of hydrogen-bond donors (Lipinski definition) is 1. The van der Waals surface area contributed by atoms with Gasteiger partial charge in [-0.05, 0) is 24.6 Å². The minimum Gasteiger partial charge on any atom is -0.403 e. The van der Waals surface area contributed by atoms with Crippen molar-refractivity contribution in [1.82, 2.24) is 5.06 Å². The first-order chi connectivity index (χ1) is 9.29. The van der Waals surface area contributed by atoms with Crippen LogP contribution in [0.15, 0.2) is 60.7 Å². The molecule has 0 saturated heterocycles. The highest BCUT2D eigenvalue weighted by molar-refractivity contribution is 5.20. The van der Waals surface area contributed by atoms with Crippen molar-refractivity contribution in [2.45, 2.75) is 19.6 Å². The van der Waals surface area contributed by atoms with E-state index < -0.39 is 6.23 Å². The summed E-state index contributed by atoms with van der Waals surface area (Å²) in [6, 6.07) is 19.4. The zero-order valence-corrected chi connectivity index (χ0v) is 11.1. The van der Waals surface area contributed by atoms with Gasteiger partial charge < -0.3 is 9.94 Å². The molecule has 0 aliphatic carbocycles. The predicted octanol–water partition coefficient (Wildman–Crippen LogP) is 2.86. The van der Waals surface area contributed by atoms with Crippen LogP contribution in [0.3, 0.4) is 0 Å². The highest BCUT2D eigenvalue weighted by Gasteiger charge is 2.16. The standard InChI is InChI=1S/C16H19NO2/c1-2-17(19-15-11-7-4-8-12-15)16(18)13-14-9-5-3-6-10-14/h3-12,16,18H,2,13H2,1H3. The third kappa shape index (κ3) is 4.09. The van der Waals surface area contributed by atoms with Gasteiger partial charge in [0, 0.05) is 13.0 Å². The van der Waals surface area contributed by atoms with Crippen LogP contribution in [0.2, 0.25) is 0 Å². The normalized spacial score (nSPS) is 12.4. The van der Waals surface area contributed by atoms with E-state index in [4.69, 9.17) is 4.84 Å². The van der Waals surface area contributed by atoms with E-state index in [1.807, 2.05) is 67.6 Å². The lowest BCUT2D eigenvalue weighted by Gasteiger charge is -2.26. The Bertz CT molecular complexity index is 473. The quantitative estimate of drug-likeness (QED) is 0.638. The molecule has 0 aromatic heterocycles. The second-order valence-corrected chi connectivity index (χ2v) is 4.31. The van der Waals surface area contributed by atoms with Gasteiger partial charge in [0.15, 0.2) is 0 Å². The van der Waals surface area contributed by atoms with Crippen molar-refractivity contribution in [1.29, 1.82) is 0 Å². The molecule has 1 unspecified atom stereocenters. The fourth-order valence-corrected chi connectivity index (χ4v) is 1.88. The molecule has 100 valence electrons. The minimum absolute atomic E-state index is 0.543. The van der Waals surface area contributed by atoms with Gasteiger partial charge >= 0.3 is 0 Å². The molecule has 0 saturated carbocycles. The Morgan fingerprint density at radius 2 is 1.58 bits per heavy atom. The summed E-state index contributed by atoms with van der Waals surface area (Å²) in [5.41, 5.74) is 1.09. The number of likely N-dealkylation sites (N-methyl/N-ethyl adjacent to an activating group) is 1. The molecule has 0 aliphatic heterocycles. The summed E-state index contributed by atoms with van der Waals surface area (Å²) in [5.74, 6) is 0.733. The maximum Gasteiger partial charge on any atom is 0.147 e. The van der Waals surface area contributed by atoms with Gasteiger partial charge in [-0.2, -0.15) is 0 Å². The molecule has 2 rings (SSSR count). The lowest BCUT2D eigenvalue weighted by molar-refractivity contribution is -0.167. The smallest absolute Gasteiger partial charge is 0.147 e. The highest BCUT2D eigenvalue weighted by atomic mass is 16.7. The summed E-state index contributed by atoms with van der Waals surface area (Å²) in [5, 5.41) is 11.8. The number of hydrogen-bond acceptors (Lipinski definition) is 3. The van der Waals surface area contributed by atoms with Crippen molar-refractivity contribution in [3.05, 3.63) is 66.2 Å². The van der Waals surface area contributed by atoms with Gasteiger partial charge in [-0.1, -0.05) is 48.5 Å². The minimum atomic E-state index is -0.660. The second-order valence-electron chi connectivity index (χ2n) is 4.31. The third-order valence-electron chi connectivity index (χ3n) is 2.87. The van der Waals surface area contributed by atoms with Gasteiger partial charge in [-0.3, -0.25) is 0 Å². The van der Waals surface area contributed by atoms with Gasteiger partial charge in [0.25, 0.3) is 0 Å². The summed E-state index contributed by atoms with van der Waals surface area (Å²) >= 11 is 0. The van der Waals surface area contributed by atoms with Crippen molar-refractivity contribution in [2.75, 3.05) is 6.54 Å². The first-order valence-electron chi connectivity index (χ1n) is 6.51. The van der Waals surface area contributed by atoms with E-state index in [9.17, 15) is 5.11 Å². The SMILES string of the molecule is CCN(Oc1ccccc1)C(O)Cc1ccccc1. The first-order valence-corrected chi connectivity index (χ1v) is 6.51. The predicted molar refractivity (Wildman–Crippen MR) is 75.6 cm³/mol. The Kier molecular flexibility index (Phi) is 4.95. The van der Waals surface area contributed by atoms with E-state index >= 15 is 0 Å². The van der Waals surface area contributed by atoms with Crippen molar-refractivity contribution in [3.8, 4) is 5.75 Å². The Morgan fingerprint density at radius 1 is 1.00 bits per heavy atom. The Labute approximate surface area is 114 Å². The molecule has 2 aromatic carbocycles. The van der Waals surface area contributed by atoms with Crippen LogP contribution in [0.4, 0.5) is 0 Å². The molecule has 0 bridgehead atoms. The molecule has 0 heterocycles. The third-order valence-corrected chi connectivity index (χ3v) is 2.87. The number of hydroxylamine groups is 2. The van der Waals surface area contributed by atoms with E-state index in [1.165, 1.54) is 0 Å². The molecular weight excluding hydrogens is 238 g/mol. The maximum atomic E-state index is 10.2. The molecule has 0 radical (unpaired) electrons. The molecule has 1 N–H and O–H groups in total. The highest BCUT2D eigenvalue weighted by Crippen LogP contribution is 2.13. The van der Waals surface area contributed by atoms with E-state index in [2.05, 4.69) is 0 Å². The van der Waals surface area contributed by atoms with E-state index in [0.717, 1.165) is 11.3 Å². The monoisotopic (exact) mass is 257 g/mol. The van der Waals surface area contributed by atoms with Gasteiger partial charge in [0.1, 0.15) is 12.0 Å². The van der Waals surface area contributed by atoms with Crippen LogP contribution in [0.5, 0.6) is 5.75 Å². The van der Waals surface area contributed by atoms with Crippen LogP contribution >= 0.6 is 0 Å². The average molecular weight is 257 g/mol. The Balaban J connectivity index is 1.97. The number of aliphatic hydroxyl groups is 1. The topological polar surface area (TPSA) is 32.7 Å². The molecule has 1 atom stereocenters. The Hall–Kier alpha value is -1.84.